The molecule has 0 spiro atoms. The lowest BCUT2D eigenvalue weighted by Gasteiger charge is -2.31. The number of ether oxygens (including phenoxy) is 1. The largest absolute Gasteiger partial charge is 0.484 e. The minimum atomic E-state index is -0.469. The highest BCUT2D eigenvalue weighted by Crippen LogP contribution is 2.19. The van der Waals surface area contributed by atoms with Gasteiger partial charge in [-0.1, -0.05) is 6.07 Å². The van der Waals surface area contributed by atoms with Gasteiger partial charge >= 0.3 is 0 Å². The molecule has 1 fully saturated rings. The van der Waals surface area contributed by atoms with Gasteiger partial charge in [-0.3, -0.25) is 19.9 Å². The first kappa shape index (κ1) is 19.8. The zero-order valence-corrected chi connectivity index (χ0v) is 15.6. The fourth-order valence-electron chi connectivity index (χ4n) is 3.29. The monoisotopic (exact) mass is 384 g/mol. The molecule has 1 amide bonds. The number of pyridine rings is 1. The van der Waals surface area contributed by atoms with E-state index in [9.17, 15) is 14.9 Å². The van der Waals surface area contributed by atoms with Crippen molar-refractivity contribution in [2.75, 3.05) is 19.7 Å². The van der Waals surface area contributed by atoms with Crippen LogP contribution >= 0.6 is 0 Å². The van der Waals surface area contributed by atoms with E-state index in [0.717, 1.165) is 38.0 Å². The first-order valence-corrected chi connectivity index (χ1v) is 9.41. The van der Waals surface area contributed by atoms with Crippen LogP contribution in [0.25, 0.3) is 0 Å². The molecule has 3 rings (SSSR count). The van der Waals surface area contributed by atoms with Crippen LogP contribution in [-0.4, -0.2) is 46.5 Å². The molecule has 1 N–H and O–H groups in total. The van der Waals surface area contributed by atoms with E-state index >= 15 is 0 Å². The van der Waals surface area contributed by atoms with E-state index in [-0.39, 0.29) is 24.2 Å². The molecule has 2 aromatic rings. The number of hydrogen-bond donors (Lipinski definition) is 1. The van der Waals surface area contributed by atoms with Gasteiger partial charge < -0.3 is 15.0 Å². The number of carbonyl (C=O) groups excluding carboxylic acids is 1. The van der Waals surface area contributed by atoms with Gasteiger partial charge in [-0.05, 0) is 56.6 Å². The molecule has 1 saturated heterocycles. The third kappa shape index (κ3) is 5.50. The SMILES string of the molecule is O=C(COc1ccc([N+](=O)[O-])cc1)N(Cc1ccccn1)C1CCCNCC1. The van der Waals surface area contributed by atoms with Crippen LogP contribution in [0.3, 0.4) is 0 Å². The van der Waals surface area contributed by atoms with Crippen molar-refractivity contribution < 1.29 is 14.5 Å². The van der Waals surface area contributed by atoms with Crippen LogP contribution in [0.1, 0.15) is 25.0 Å². The van der Waals surface area contributed by atoms with Crippen LogP contribution in [0.5, 0.6) is 5.75 Å². The van der Waals surface area contributed by atoms with E-state index < -0.39 is 4.92 Å². The molecule has 2 heterocycles. The average molecular weight is 384 g/mol. The van der Waals surface area contributed by atoms with Crippen LogP contribution in [0, 0.1) is 10.1 Å². The molecule has 1 aromatic heterocycles. The van der Waals surface area contributed by atoms with E-state index in [1.807, 2.05) is 23.1 Å². The van der Waals surface area contributed by atoms with Crippen LogP contribution in [-0.2, 0) is 11.3 Å². The molecule has 1 aliphatic heterocycles. The second-order valence-electron chi connectivity index (χ2n) is 6.72. The van der Waals surface area contributed by atoms with Gasteiger partial charge in [0.05, 0.1) is 17.2 Å². The van der Waals surface area contributed by atoms with Gasteiger partial charge in [-0.25, -0.2) is 0 Å². The van der Waals surface area contributed by atoms with E-state index in [1.165, 1.54) is 24.3 Å². The number of benzene rings is 1. The smallest absolute Gasteiger partial charge is 0.269 e. The summed E-state index contributed by atoms with van der Waals surface area (Å²) < 4.78 is 5.59. The van der Waals surface area contributed by atoms with Crippen LogP contribution < -0.4 is 10.1 Å². The second kappa shape index (κ2) is 9.80. The molecule has 148 valence electrons. The highest BCUT2D eigenvalue weighted by Gasteiger charge is 2.25. The molecule has 1 aromatic carbocycles. The Labute approximate surface area is 163 Å². The van der Waals surface area contributed by atoms with Crippen molar-refractivity contribution in [1.82, 2.24) is 15.2 Å². The number of rotatable bonds is 7. The van der Waals surface area contributed by atoms with E-state index in [2.05, 4.69) is 10.3 Å². The minimum Gasteiger partial charge on any atom is -0.484 e. The Morgan fingerprint density at radius 3 is 2.75 bits per heavy atom. The third-order valence-electron chi connectivity index (χ3n) is 4.77. The Morgan fingerprint density at radius 1 is 1.21 bits per heavy atom. The molecule has 28 heavy (non-hydrogen) atoms. The lowest BCUT2D eigenvalue weighted by atomic mass is 10.1. The molecule has 0 radical (unpaired) electrons. The zero-order chi connectivity index (χ0) is 19.8. The molecule has 1 unspecified atom stereocenters. The summed E-state index contributed by atoms with van der Waals surface area (Å²) in [4.78, 5) is 29.4. The zero-order valence-electron chi connectivity index (χ0n) is 15.6. The predicted octanol–water partition coefficient (Wildman–Crippen LogP) is 2.54. The van der Waals surface area contributed by atoms with Gasteiger partial charge in [0.25, 0.3) is 11.6 Å². The van der Waals surface area contributed by atoms with Crippen molar-refractivity contribution in [3.05, 3.63) is 64.5 Å². The highest BCUT2D eigenvalue weighted by atomic mass is 16.6. The van der Waals surface area contributed by atoms with Crippen molar-refractivity contribution in [1.29, 1.82) is 0 Å². The Bertz CT molecular complexity index is 775. The molecule has 0 aliphatic carbocycles. The number of aromatic nitrogens is 1. The van der Waals surface area contributed by atoms with Gasteiger partial charge in [0.1, 0.15) is 5.75 Å². The summed E-state index contributed by atoms with van der Waals surface area (Å²) in [6, 6.07) is 11.5. The minimum absolute atomic E-state index is 0.0126. The highest BCUT2D eigenvalue weighted by molar-refractivity contribution is 5.78. The summed E-state index contributed by atoms with van der Waals surface area (Å²) in [5.74, 6) is 0.315. The number of nitrogens with zero attached hydrogens (tertiary/aromatic N) is 3. The van der Waals surface area contributed by atoms with Crippen molar-refractivity contribution in [2.24, 2.45) is 0 Å². The van der Waals surface area contributed by atoms with Crippen LogP contribution in [0.15, 0.2) is 48.7 Å². The van der Waals surface area contributed by atoms with Crippen LogP contribution in [0.2, 0.25) is 0 Å². The summed E-state index contributed by atoms with van der Waals surface area (Å²) in [6.45, 7) is 2.16. The maximum absolute atomic E-state index is 13.0. The maximum atomic E-state index is 13.0. The number of nitro groups is 1. The van der Waals surface area contributed by atoms with Gasteiger partial charge in [0.15, 0.2) is 6.61 Å². The van der Waals surface area contributed by atoms with Gasteiger partial charge in [0, 0.05) is 24.4 Å². The summed E-state index contributed by atoms with van der Waals surface area (Å²) in [5, 5.41) is 14.1. The van der Waals surface area contributed by atoms with E-state index in [4.69, 9.17) is 4.74 Å². The molecular formula is C20H24N4O4. The fraction of sp³-hybridized carbons (Fsp3) is 0.400. The van der Waals surface area contributed by atoms with E-state index in [1.54, 1.807) is 6.20 Å². The number of non-ortho nitro benzene ring substituents is 1. The molecule has 8 heteroatoms. The first-order chi connectivity index (χ1) is 13.6. The third-order valence-corrected chi connectivity index (χ3v) is 4.77. The van der Waals surface area contributed by atoms with Crippen molar-refractivity contribution in [3.8, 4) is 5.75 Å². The topological polar surface area (TPSA) is 97.6 Å². The number of amides is 1. The predicted molar refractivity (Wildman–Crippen MR) is 104 cm³/mol. The van der Waals surface area contributed by atoms with Crippen molar-refractivity contribution in [3.63, 3.8) is 0 Å². The maximum Gasteiger partial charge on any atom is 0.269 e. The molecule has 8 nitrogen and oxygen atoms in total. The quantitative estimate of drug-likeness (QED) is 0.582. The summed E-state index contributed by atoms with van der Waals surface area (Å²) >= 11 is 0. The Balaban J connectivity index is 1.67. The lowest BCUT2D eigenvalue weighted by molar-refractivity contribution is -0.384. The fourth-order valence-corrected chi connectivity index (χ4v) is 3.29. The molecular weight excluding hydrogens is 360 g/mol. The standard InChI is InChI=1S/C20H24N4O4/c25-20(15-28-19-8-6-18(7-9-19)24(26)27)23(14-16-4-1-2-12-22-16)17-5-3-11-21-13-10-17/h1-2,4,6-9,12,17,21H,3,5,10-11,13-15H2. The first-order valence-electron chi connectivity index (χ1n) is 9.41. The Morgan fingerprint density at radius 2 is 2.04 bits per heavy atom. The lowest BCUT2D eigenvalue weighted by Crippen LogP contribution is -2.43. The average Bonchev–Trinajstić information content (AvgIpc) is 3.00. The summed E-state index contributed by atoms with van der Waals surface area (Å²) in [6.07, 6.45) is 4.55. The second-order valence-corrected chi connectivity index (χ2v) is 6.72. The number of nitrogens with one attached hydrogen (secondary N) is 1. The summed E-state index contributed by atoms with van der Waals surface area (Å²) in [5.41, 5.74) is 0.824. The number of nitro benzene ring substituents is 1. The molecule has 1 atom stereocenters. The Kier molecular flexibility index (Phi) is 6.91. The molecule has 0 saturated carbocycles. The molecule has 0 bridgehead atoms. The van der Waals surface area contributed by atoms with Gasteiger partial charge in [-0.2, -0.15) is 0 Å². The van der Waals surface area contributed by atoms with Crippen molar-refractivity contribution >= 4 is 11.6 Å². The van der Waals surface area contributed by atoms with Crippen molar-refractivity contribution in [2.45, 2.75) is 31.8 Å². The van der Waals surface area contributed by atoms with Crippen LogP contribution in [0.4, 0.5) is 5.69 Å². The normalized spacial score (nSPS) is 16.8. The van der Waals surface area contributed by atoms with Gasteiger partial charge in [-0.15, -0.1) is 0 Å². The van der Waals surface area contributed by atoms with Gasteiger partial charge in [0.2, 0.25) is 0 Å². The number of hydrogen-bond acceptors (Lipinski definition) is 6. The Hall–Kier alpha value is -3.00. The number of carbonyl (C=O) groups is 1. The molecule has 1 aliphatic rings. The van der Waals surface area contributed by atoms with E-state index in [0.29, 0.717) is 12.3 Å². The summed E-state index contributed by atoms with van der Waals surface area (Å²) in [7, 11) is 0.